The van der Waals surface area contributed by atoms with Crippen LogP contribution in [0.4, 0.5) is 0 Å². The zero-order valence-corrected chi connectivity index (χ0v) is 17.0. The lowest BCUT2D eigenvalue weighted by Gasteiger charge is -2.31. The number of carbonyl (C=O) groups excluding carboxylic acids is 1. The van der Waals surface area contributed by atoms with Crippen LogP contribution in [0.15, 0.2) is 28.8 Å². The average molecular weight is 399 g/mol. The van der Waals surface area contributed by atoms with E-state index < -0.39 is 0 Å². The quantitative estimate of drug-likeness (QED) is 0.742. The van der Waals surface area contributed by atoms with Crippen LogP contribution in [-0.2, 0) is 16.0 Å². The van der Waals surface area contributed by atoms with Crippen molar-refractivity contribution >= 4 is 5.91 Å². The molecule has 0 spiro atoms. The molecule has 0 N–H and O–H groups in total. The molecular formula is C22H29N3O4. The number of piperidine rings is 1. The molecule has 7 nitrogen and oxygen atoms in total. The summed E-state index contributed by atoms with van der Waals surface area (Å²) in [7, 11) is 1.66. The first-order valence-corrected chi connectivity index (χ1v) is 10.5. The predicted molar refractivity (Wildman–Crippen MR) is 107 cm³/mol. The van der Waals surface area contributed by atoms with E-state index in [0.29, 0.717) is 31.2 Å². The monoisotopic (exact) mass is 399 g/mol. The van der Waals surface area contributed by atoms with Crippen LogP contribution in [0.25, 0.3) is 0 Å². The third kappa shape index (κ3) is 4.96. The standard InChI is InChI=1S/C22H29N3O4/c1-27-19-6-2-4-16(14-19)7-8-20(26)25-11-3-5-18(15-25)22-23-21(24-29-22)17-9-12-28-13-10-17/h2,4,6,14,17-18H,3,5,7-13,15H2,1H3. The number of amides is 1. The molecule has 3 heterocycles. The van der Waals surface area contributed by atoms with Crippen LogP contribution in [0.1, 0.15) is 61.2 Å². The Labute approximate surface area is 171 Å². The Morgan fingerprint density at radius 1 is 1.24 bits per heavy atom. The highest BCUT2D eigenvalue weighted by Crippen LogP contribution is 2.30. The van der Waals surface area contributed by atoms with Crippen molar-refractivity contribution in [1.82, 2.24) is 15.0 Å². The van der Waals surface area contributed by atoms with Crippen LogP contribution in [0, 0.1) is 0 Å². The summed E-state index contributed by atoms with van der Waals surface area (Å²) in [6.45, 7) is 2.97. The number of hydrogen-bond acceptors (Lipinski definition) is 6. The number of likely N-dealkylation sites (tertiary alicyclic amines) is 1. The van der Waals surface area contributed by atoms with Gasteiger partial charge in [0.2, 0.25) is 11.8 Å². The largest absolute Gasteiger partial charge is 0.497 e. The highest BCUT2D eigenvalue weighted by Gasteiger charge is 2.30. The number of rotatable bonds is 6. The van der Waals surface area contributed by atoms with Gasteiger partial charge < -0.3 is 18.9 Å². The molecule has 2 saturated heterocycles. The van der Waals surface area contributed by atoms with Gasteiger partial charge in [0, 0.05) is 38.6 Å². The van der Waals surface area contributed by atoms with Gasteiger partial charge in [-0.25, -0.2) is 0 Å². The van der Waals surface area contributed by atoms with Crippen molar-refractivity contribution in [3.63, 3.8) is 0 Å². The van der Waals surface area contributed by atoms with Gasteiger partial charge in [0.1, 0.15) is 5.75 Å². The summed E-state index contributed by atoms with van der Waals surface area (Å²) in [6.07, 6.45) is 5.04. The highest BCUT2D eigenvalue weighted by atomic mass is 16.5. The molecule has 1 aromatic heterocycles. The lowest BCUT2D eigenvalue weighted by Crippen LogP contribution is -2.39. The lowest BCUT2D eigenvalue weighted by molar-refractivity contribution is -0.132. The first kappa shape index (κ1) is 19.9. The maximum Gasteiger partial charge on any atom is 0.231 e. The molecule has 2 aliphatic heterocycles. The van der Waals surface area contributed by atoms with Crippen molar-refractivity contribution in [3.05, 3.63) is 41.5 Å². The van der Waals surface area contributed by atoms with Crippen LogP contribution < -0.4 is 4.74 Å². The summed E-state index contributed by atoms with van der Waals surface area (Å²) < 4.78 is 16.3. The summed E-state index contributed by atoms with van der Waals surface area (Å²) in [6, 6.07) is 7.90. The number of hydrogen-bond donors (Lipinski definition) is 0. The van der Waals surface area contributed by atoms with Crippen molar-refractivity contribution in [2.45, 2.75) is 50.4 Å². The number of nitrogens with zero attached hydrogens (tertiary/aromatic N) is 3. The Balaban J connectivity index is 1.33. The summed E-state index contributed by atoms with van der Waals surface area (Å²) in [5.74, 6) is 2.93. The summed E-state index contributed by atoms with van der Waals surface area (Å²) in [4.78, 5) is 19.4. The maximum atomic E-state index is 12.8. The molecule has 0 aliphatic carbocycles. The van der Waals surface area contributed by atoms with Gasteiger partial charge in [-0.05, 0) is 49.8 Å². The van der Waals surface area contributed by atoms with Crippen molar-refractivity contribution < 1.29 is 18.8 Å². The topological polar surface area (TPSA) is 77.7 Å². The van der Waals surface area contributed by atoms with Crippen LogP contribution in [0.3, 0.4) is 0 Å². The Hall–Kier alpha value is -2.41. The van der Waals surface area contributed by atoms with E-state index >= 15 is 0 Å². The van der Waals surface area contributed by atoms with E-state index in [1.54, 1.807) is 7.11 Å². The smallest absolute Gasteiger partial charge is 0.231 e. The summed E-state index contributed by atoms with van der Waals surface area (Å²) in [5.41, 5.74) is 1.12. The normalized spacial score (nSPS) is 20.6. The molecule has 0 radical (unpaired) electrons. The van der Waals surface area contributed by atoms with Gasteiger partial charge in [-0.15, -0.1) is 0 Å². The van der Waals surface area contributed by atoms with E-state index in [0.717, 1.165) is 62.6 Å². The molecule has 2 fully saturated rings. The molecule has 1 amide bonds. The molecule has 29 heavy (non-hydrogen) atoms. The number of ether oxygens (including phenoxy) is 2. The summed E-state index contributed by atoms with van der Waals surface area (Å²) >= 11 is 0. The molecule has 1 unspecified atom stereocenters. The summed E-state index contributed by atoms with van der Waals surface area (Å²) in [5, 5.41) is 4.22. The van der Waals surface area contributed by atoms with E-state index in [1.165, 1.54) is 0 Å². The Morgan fingerprint density at radius 2 is 2.10 bits per heavy atom. The van der Waals surface area contributed by atoms with E-state index in [9.17, 15) is 4.79 Å². The van der Waals surface area contributed by atoms with Gasteiger partial charge in [0.25, 0.3) is 0 Å². The molecule has 1 atom stereocenters. The second-order valence-corrected chi connectivity index (χ2v) is 7.91. The fourth-order valence-electron chi connectivity index (χ4n) is 4.18. The van der Waals surface area contributed by atoms with E-state index in [-0.39, 0.29) is 11.8 Å². The Morgan fingerprint density at radius 3 is 2.93 bits per heavy atom. The minimum atomic E-state index is 0.130. The third-order valence-corrected chi connectivity index (χ3v) is 5.93. The van der Waals surface area contributed by atoms with Gasteiger partial charge in [0.05, 0.1) is 13.0 Å². The molecule has 2 aliphatic rings. The van der Waals surface area contributed by atoms with E-state index in [4.69, 9.17) is 14.0 Å². The molecular weight excluding hydrogens is 370 g/mol. The number of aromatic nitrogens is 2. The predicted octanol–water partition coefficient (Wildman–Crippen LogP) is 3.31. The first-order chi connectivity index (χ1) is 14.2. The second-order valence-electron chi connectivity index (χ2n) is 7.91. The fraction of sp³-hybridized carbons (Fsp3) is 0.591. The lowest BCUT2D eigenvalue weighted by atomic mass is 9.96. The minimum absolute atomic E-state index is 0.130. The number of aryl methyl sites for hydroxylation is 1. The Kier molecular flexibility index (Phi) is 6.44. The van der Waals surface area contributed by atoms with Gasteiger partial charge in [-0.2, -0.15) is 4.98 Å². The zero-order valence-electron chi connectivity index (χ0n) is 17.0. The number of methoxy groups -OCH3 is 1. The third-order valence-electron chi connectivity index (χ3n) is 5.93. The SMILES string of the molecule is COc1cccc(CCC(=O)N2CCCC(c3nc(C4CCOCC4)no3)C2)c1. The van der Waals surface area contributed by atoms with Crippen molar-refractivity contribution in [3.8, 4) is 5.75 Å². The van der Waals surface area contributed by atoms with Crippen LogP contribution in [0.5, 0.6) is 5.75 Å². The van der Waals surface area contributed by atoms with Gasteiger partial charge in [-0.1, -0.05) is 17.3 Å². The van der Waals surface area contributed by atoms with E-state index in [1.807, 2.05) is 29.2 Å². The van der Waals surface area contributed by atoms with Crippen LogP contribution >= 0.6 is 0 Å². The Bertz CT molecular complexity index is 816. The van der Waals surface area contributed by atoms with Crippen molar-refractivity contribution in [2.75, 3.05) is 33.4 Å². The van der Waals surface area contributed by atoms with Gasteiger partial charge >= 0.3 is 0 Å². The molecule has 156 valence electrons. The fourth-order valence-corrected chi connectivity index (χ4v) is 4.18. The molecule has 1 aromatic carbocycles. The van der Waals surface area contributed by atoms with Crippen molar-refractivity contribution in [2.24, 2.45) is 0 Å². The molecule has 4 rings (SSSR count). The van der Waals surface area contributed by atoms with Crippen LogP contribution in [0.2, 0.25) is 0 Å². The maximum absolute atomic E-state index is 12.8. The van der Waals surface area contributed by atoms with Gasteiger partial charge in [-0.3, -0.25) is 4.79 Å². The molecule has 2 aromatic rings. The zero-order chi connectivity index (χ0) is 20.1. The molecule has 7 heteroatoms. The van der Waals surface area contributed by atoms with Gasteiger partial charge in [0.15, 0.2) is 5.82 Å². The van der Waals surface area contributed by atoms with Crippen LogP contribution in [-0.4, -0.2) is 54.4 Å². The van der Waals surface area contributed by atoms with E-state index in [2.05, 4.69) is 10.1 Å². The molecule has 0 bridgehead atoms. The second kappa shape index (κ2) is 9.39. The average Bonchev–Trinajstić information content (AvgIpc) is 3.29. The number of benzene rings is 1. The highest BCUT2D eigenvalue weighted by molar-refractivity contribution is 5.76. The van der Waals surface area contributed by atoms with Crippen molar-refractivity contribution in [1.29, 1.82) is 0 Å². The molecule has 0 saturated carbocycles. The minimum Gasteiger partial charge on any atom is -0.497 e. The first-order valence-electron chi connectivity index (χ1n) is 10.5. The number of carbonyl (C=O) groups is 1.